The van der Waals surface area contributed by atoms with Crippen LogP contribution in [0.15, 0.2) is 99.3 Å². The molecule has 8 heteroatoms. The number of rotatable bonds is 7. The standard InChI is InChI=1S/C31H25BrN2O4S/c1-3-34-29(35)28(39-31(34)33-24-15-10-22(11-16-24)30(36)37-2)18-26-25-7-5-4-6-21(25)12-17-27(26)38-19-20-8-13-23(32)14-9-20/h4-18H,3,19H2,1-2H3/b28-18+,33-31?. The Morgan fingerprint density at radius 3 is 2.46 bits per heavy atom. The first kappa shape index (κ1) is 26.7. The molecule has 4 aromatic carbocycles. The number of carbonyl (C=O) groups excluding carboxylic acids is 2. The van der Waals surface area contributed by atoms with Gasteiger partial charge >= 0.3 is 5.97 Å². The fourth-order valence-electron chi connectivity index (χ4n) is 4.19. The summed E-state index contributed by atoms with van der Waals surface area (Å²) in [4.78, 5) is 32.1. The van der Waals surface area contributed by atoms with Crippen molar-refractivity contribution in [3.63, 3.8) is 0 Å². The monoisotopic (exact) mass is 600 g/mol. The van der Waals surface area contributed by atoms with Gasteiger partial charge in [0, 0.05) is 16.6 Å². The predicted octanol–water partition coefficient (Wildman–Crippen LogP) is 7.59. The van der Waals surface area contributed by atoms with E-state index in [9.17, 15) is 9.59 Å². The van der Waals surface area contributed by atoms with Crippen LogP contribution in [0.25, 0.3) is 16.8 Å². The van der Waals surface area contributed by atoms with Gasteiger partial charge in [0.05, 0.1) is 23.3 Å². The number of hydrogen-bond donors (Lipinski definition) is 0. The van der Waals surface area contributed by atoms with E-state index in [1.54, 1.807) is 29.2 Å². The SMILES string of the molecule is CCN1C(=O)/C(=C\c2c(OCc3ccc(Br)cc3)ccc3ccccc23)SC1=Nc1ccc(C(=O)OC)cc1. The Bertz CT molecular complexity index is 1600. The van der Waals surface area contributed by atoms with E-state index in [1.807, 2.05) is 73.7 Å². The van der Waals surface area contributed by atoms with Crippen molar-refractivity contribution in [3.05, 3.63) is 111 Å². The number of fused-ring (bicyclic) bond motifs is 1. The number of likely N-dealkylation sites (N-methyl/N-ethyl adjacent to an activating group) is 1. The number of carbonyl (C=O) groups is 2. The molecule has 1 saturated heterocycles. The number of esters is 1. The summed E-state index contributed by atoms with van der Waals surface area (Å²) in [5, 5.41) is 2.64. The number of aliphatic imine (C=N–C) groups is 1. The first-order valence-electron chi connectivity index (χ1n) is 12.3. The molecule has 4 aromatic rings. The second-order valence-electron chi connectivity index (χ2n) is 8.71. The fraction of sp³-hybridized carbons (Fsp3) is 0.129. The van der Waals surface area contributed by atoms with E-state index in [4.69, 9.17) is 14.5 Å². The van der Waals surface area contributed by atoms with E-state index in [0.717, 1.165) is 26.4 Å². The highest BCUT2D eigenvalue weighted by Crippen LogP contribution is 2.38. The number of methoxy groups -OCH3 is 1. The van der Waals surface area contributed by atoms with Crippen molar-refractivity contribution in [2.75, 3.05) is 13.7 Å². The van der Waals surface area contributed by atoms with Gasteiger partial charge in [-0.05, 0) is 83.6 Å². The van der Waals surface area contributed by atoms with Gasteiger partial charge in [-0.3, -0.25) is 9.69 Å². The van der Waals surface area contributed by atoms with Gasteiger partial charge in [0.2, 0.25) is 0 Å². The van der Waals surface area contributed by atoms with Crippen molar-refractivity contribution >= 4 is 67.3 Å². The van der Waals surface area contributed by atoms with E-state index < -0.39 is 5.97 Å². The minimum absolute atomic E-state index is 0.112. The maximum atomic E-state index is 13.4. The third kappa shape index (κ3) is 5.92. The predicted molar refractivity (Wildman–Crippen MR) is 160 cm³/mol. The summed E-state index contributed by atoms with van der Waals surface area (Å²) in [6.07, 6.45) is 1.90. The molecule has 0 N–H and O–H groups in total. The summed E-state index contributed by atoms with van der Waals surface area (Å²) < 4.78 is 12.0. The highest BCUT2D eigenvalue weighted by Gasteiger charge is 2.32. The van der Waals surface area contributed by atoms with Crippen molar-refractivity contribution < 1.29 is 19.1 Å². The molecular weight excluding hydrogens is 576 g/mol. The molecule has 39 heavy (non-hydrogen) atoms. The highest BCUT2D eigenvalue weighted by atomic mass is 79.9. The third-order valence-corrected chi connectivity index (χ3v) is 7.77. The molecule has 0 aromatic heterocycles. The average molecular weight is 602 g/mol. The summed E-state index contributed by atoms with van der Waals surface area (Å²) in [5.41, 5.74) is 2.97. The number of amidine groups is 1. The molecular formula is C31H25BrN2O4S. The topological polar surface area (TPSA) is 68.2 Å². The van der Waals surface area contributed by atoms with Gasteiger partial charge in [-0.15, -0.1) is 0 Å². The normalized spacial score (nSPS) is 15.4. The average Bonchev–Trinajstić information content (AvgIpc) is 3.26. The zero-order valence-electron chi connectivity index (χ0n) is 21.4. The lowest BCUT2D eigenvalue weighted by molar-refractivity contribution is -0.122. The maximum absolute atomic E-state index is 13.4. The Morgan fingerprint density at radius 2 is 1.74 bits per heavy atom. The van der Waals surface area contributed by atoms with Crippen LogP contribution >= 0.6 is 27.7 Å². The molecule has 0 atom stereocenters. The highest BCUT2D eigenvalue weighted by molar-refractivity contribution is 9.10. The minimum atomic E-state index is -0.409. The maximum Gasteiger partial charge on any atom is 0.337 e. The number of halogens is 1. The van der Waals surface area contributed by atoms with Crippen LogP contribution in [-0.4, -0.2) is 35.6 Å². The molecule has 1 aliphatic heterocycles. The van der Waals surface area contributed by atoms with E-state index in [-0.39, 0.29) is 5.91 Å². The molecule has 0 aliphatic carbocycles. The Hall–Kier alpha value is -3.88. The largest absolute Gasteiger partial charge is 0.488 e. The van der Waals surface area contributed by atoms with Crippen molar-refractivity contribution in [2.45, 2.75) is 13.5 Å². The van der Waals surface area contributed by atoms with Gasteiger partial charge in [0.1, 0.15) is 12.4 Å². The zero-order valence-corrected chi connectivity index (χ0v) is 23.8. The fourth-order valence-corrected chi connectivity index (χ4v) is 5.50. The lowest BCUT2D eigenvalue weighted by atomic mass is 10.0. The van der Waals surface area contributed by atoms with Gasteiger partial charge in [-0.2, -0.15) is 0 Å². The first-order chi connectivity index (χ1) is 19.0. The smallest absolute Gasteiger partial charge is 0.337 e. The van der Waals surface area contributed by atoms with Crippen molar-refractivity contribution in [3.8, 4) is 5.75 Å². The number of thioether (sulfide) groups is 1. The van der Waals surface area contributed by atoms with Crippen LogP contribution in [0.5, 0.6) is 5.75 Å². The van der Waals surface area contributed by atoms with Crippen LogP contribution in [0.4, 0.5) is 5.69 Å². The Balaban J connectivity index is 1.49. The Morgan fingerprint density at radius 1 is 1.00 bits per heavy atom. The number of amides is 1. The summed E-state index contributed by atoms with van der Waals surface area (Å²) in [7, 11) is 1.34. The molecule has 5 rings (SSSR count). The molecule has 6 nitrogen and oxygen atoms in total. The summed E-state index contributed by atoms with van der Waals surface area (Å²) in [6, 6.07) is 26.8. The van der Waals surface area contributed by atoms with Crippen molar-refractivity contribution in [1.29, 1.82) is 0 Å². The van der Waals surface area contributed by atoms with Gasteiger partial charge in [0.25, 0.3) is 5.91 Å². The lowest BCUT2D eigenvalue weighted by Crippen LogP contribution is -2.28. The quantitative estimate of drug-likeness (QED) is 0.161. The molecule has 1 aliphatic rings. The second kappa shape index (κ2) is 11.9. The second-order valence-corrected chi connectivity index (χ2v) is 10.6. The number of ether oxygens (including phenoxy) is 2. The summed E-state index contributed by atoms with van der Waals surface area (Å²) in [5.74, 6) is 0.178. The van der Waals surface area contributed by atoms with Gasteiger partial charge in [0.15, 0.2) is 5.17 Å². The van der Waals surface area contributed by atoms with E-state index in [0.29, 0.717) is 40.2 Å². The molecule has 0 bridgehead atoms. The zero-order chi connectivity index (χ0) is 27.4. The first-order valence-corrected chi connectivity index (χ1v) is 13.9. The van der Waals surface area contributed by atoms with Crippen LogP contribution in [0.3, 0.4) is 0 Å². The van der Waals surface area contributed by atoms with Gasteiger partial charge in [-0.1, -0.05) is 58.4 Å². The van der Waals surface area contributed by atoms with Gasteiger partial charge in [-0.25, -0.2) is 9.79 Å². The summed E-state index contributed by atoms with van der Waals surface area (Å²) in [6.45, 7) is 2.80. The van der Waals surface area contributed by atoms with Crippen molar-refractivity contribution in [2.24, 2.45) is 4.99 Å². The molecule has 1 heterocycles. The number of benzene rings is 4. The van der Waals surface area contributed by atoms with Crippen LogP contribution in [0.2, 0.25) is 0 Å². The number of hydrogen-bond acceptors (Lipinski definition) is 6. The lowest BCUT2D eigenvalue weighted by Gasteiger charge is -2.13. The molecule has 0 unspecified atom stereocenters. The van der Waals surface area contributed by atoms with Crippen LogP contribution < -0.4 is 4.74 Å². The van der Waals surface area contributed by atoms with E-state index in [2.05, 4.69) is 15.9 Å². The van der Waals surface area contributed by atoms with E-state index in [1.165, 1.54) is 18.9 Å². The molecule has 0 radical (unpaired) electrons. The molecule has 1 amide bonds. The van der Waals surface area contributed by atoms with Gasteiger partial charge < -0.3 is 9.47 Å². The number of nitrogens with zero attached hydrogens (tertiary/aromatic N) is 2. The Kier molecular flexibility index (Phi) is 8.14. The third-order valence-electron chi connectivity index (χ3n) is 6.23. The van der Waals surface area contributed by atoms with Crippen LogP contribution in [0.1, 0.15) is 28.4 Å². The van der Waals surface area contributed by atoms with Crippen molar-refractivity contribution in [1.82, 2.24) is 4.90 Å². The minimum Gasteiger partial charge on any atom is -0.488 e. The van der Waals surface area contributed by atoms with E-state index >= 15 is 0 Å². The molecule has 1 fully saturated rings. The molecule has 196 valence electrons. The van der Waals surface area contributed by atoms with Crippen LogP contribution in [0, 0.1) is 0 Å². The van der Waals surface area contributed by atoms with Crippen LogP contribution in [-0.2, 0) is 16.1 Å². The molecule has 0 spiro atoms. The Labute approximate surface area is 239 Å². The molecule has 0 saturated carbocycles. The summed E-state index contributed by atoms with van der Waals surface area (Å²) >= 11 is 4.79.